The molecule has 22 heavy (non-hydrogen) atoms. The Hall–Kier alpha value is -2.29. The van der Waals surface area contributed by atoms with Crippen molar-refractivity contribution >= 4 is 17.3 Å². The van der Waals surface area contributed by atoms with Crippen LogP contribution in [0.3, 0.4) is 0 Å². The molecule has 0 bridgehead atoms. The van der Waals surface area contributed by atoms with Gasteiger partial charge in [0.1, 0.15) is 6.04 Å². The molecule has 0 aliphatic rings. The van der Waals surface area contributed by atoms with Crippen molar-refractivity contribution in [1.82, 2.24) is 0 Å². The van der Waals surface area contributed by atoms with Gasteiger partial charge in [0.25, 0.3) is 0 Å². The lowest BCUT2D eigenvalue weighted by Crippen LogP contribution is -2.32. The van der Waals surface area contributed by atoms with Crippen LogP contribution >= 0.6 is 0 Å². The summed E-state index contributed by atoms with van der Waals surface area (Å²) in [5, 5.41) is 6.28. The highest BCUT2D eigenvalue weighted by Gasteiger charge is 2.14. The number of anilines is 2. The van der Waals surface area contributed by atoms with Crippen molar-refractivity contribution in [3.63, 3.8) is 0 Å². The van der Waals surface area contributed by atoms with Crippen LogP contribution in [0.15, 0.2) is 36.4 Å². The molecule has 1 unspecified atom stereocenters. The molecule has 0 fully saturated rings. The summed E-state index contributed by atoms with van der Waals surface area (Å²) in [4.78, 5) is 12.4. The molecule has 0 spiro atoms. The van der Waals surface area contributed by atoms with E-state index >= 15 is 0 Å². The van der Waals surface area contributed by atoms with E-state index in [0.29, 0.717) is 0 Å². The normalized spacial score (nSPS) is 11.9. The molecule has 2 N–H and O–H groups in total. The molecule has 0 aromatic heterocycles. The van der Waals surface area contributed by atoms with Crippen molar-refractivity contribution in [3.8, 4) is 0 Å². The zero-order valence-corrected chi connectivity index (χ0v) is 13.9. The summed E-state index contributed by atoms with van der Waals surface area (Å²) in [6.07, 6.45) is 0. The van der Waals surface area contributed by atoms with E-state index in [1.54, 1.807) is 0 Å². The SMILES string of the molecule is Cc1ccc(NC(C)C(=O)Nc2cccc(C)c2C)c(C)c1. The van der Waals surface area contributed by atoms with Crippen LogP contribution in [0.25, 0.3) is 0 Å². The Labute approximate surface area is 132 Å². The Morgan fingerprint density at radius 2 is 1.68 bits per heavy atom. The number of amides is 1. The van der Waals surface area contributed by atoms with Gasteiger partial charge in [-0.3, -0.25) is 4.79 Å². The Kier molecular flexibility index (Phi) is 4.86. The molecule has 2 aromatic rings. The van der Waals surface area contributed by atoms with E-state index in [1.807, 2.05) is 58.0 Å². The maximum Gasteiger partial charge on any atom is 0.246 e. The molecule has 3 nitrogen and oxygen atoms in total. The number of rotatable bonds is 4. The average Bonchev–Trinajstić information content (AvgIpc) is 2.46. The maximum absolute atomic E-state index is 12.4. The molecule has 0 saturated heterocycles. The zero-order chi connectivity index (χ0) is 16.3. The van der Waals surface area contributed by atoms with Gasteiger partial charge in [0.15, 0.2) is 0 Å². The molecular weight excluding hydrogens is 272 g/mol. The van der Waals surface area contributed by atoms with Crippen LogP contribution in [0.2, 0.25) is 0 Å². The molecule has 116 valence electrons. The Bertz CT molecular complexity index is 692. The van der Waals surface area contributed by atoms with E-state index in [9.17, 15) is 4.79 Å². The first-order chi connectivity index (χ1) is 10.4. The van der Waals surface area contributed by atoms with Crippen LogP contribution in [0.1, 0.15) is 29.2 Å². The highest BCUT2D eigenvalue weighted by atomic mass is 16.2. The second-order valence-electron chi connectivity index (χ2n) is 5.92. The number of hydrogen-bond donors (Lipinski definition) is 2. The lowest BCUT2D eigenvalue weighted by Gasteiger charge is -2.18. The van der Waals surface area contributed by atoms with E-state index in [1.165, 1.54) is 11.1 Å². The van der Waals surface area contributed by atoms with Gasteiger partial charge in [-0.2, -0.15) is 0 Å². The van der Waals surface area contributed by atoms with E-state index in [0.717, 1.165) is 22.5 Å². The number of carbonyl (C=O) groups excluding carboxylic acids is 1. The molecule has 1 atom stereocenters. The lowest BCUT2D eigenvalue weighted by molar-refractivity contribution is -0.116. The monoisotopic (exact) mass is 296 g/mol. The summed E-state index contributed by atoms with van der Waals surface area (Å²) < 4.78 is 0. The molecule has 0 aliphatic heterocycles. The third-order valence-electron chi connectivity index (χ3n) is 4.01. The first kappa shape index (κ1) is 16.1. The largest absolute Gasteiger partial charge is 0.374 e. The molecule has 0 radical (unpaired) electrons. The van der Waals surface area contributed by atoms with Gasteiger partial charge in [-0.1, -0.05) is 29.8 Å². The topological polar surface area (TPSA) is 41.1 Å². The average molecular weight is 296 g/mol. The molecule has 0 aliphatic carbocycles. The van der Waals surface area contributed by atoms with Gasteiger partial charge >= 0.3 is 0 Å². The predicted octanol–water partition coefficient (Wildman–Crippen LogP) is 4.36. The highest BCUT2D eigenvalue weighted by molar-refractivity contribution is 5.97. The van der Waals surface area contributed by atoms with Crippen molar-refractivity contribution in [2.24, 2.45) is 0 Å². The summed E-state index contributed by atoms with van der Waals surface area (Å²) in [5.74, 6) is -0.0336. The van der Waals surface area contributed by atoms with E-state index in [-0.39, 0.29) is 11.9 Å². The van der Waals surface area contributed by atoms with Crippen LogP contribution in [-0.4, -0.2) is 11.9 Å². The summed E-state index contributed by atoms with van der Waals surface area (Å²) >= 11 is 0. The quantitative estimate of drug-likeness (QED) is 0.880. The van der Waals surface area contributed by atoms with E-state index in [4.69, 9.17) is 0 Å². The third-order valence-corrected chi connectivity index (χ3v) is 4.01. The van der Waals surface area contributed by atoms with Gasteiger partial charge in [0.05, 0.1) is 0 Å². The standard InChI is InChI=1S/C19H24N2O/c1-12-9-10-17(14(3)11-12)20-16(5)19(22)21-18-8-6-7-13(2)15(18)4/h6-11,16,20H,1-5H3,(H,21,22). The molecule has 0 heterocycles. The molecule has 3 heteroatoms. The van der Waals surface area contributed by atoms with Crippen LogP contribution < -0.4 is 10.6 Å². The van der Waals surface area contributed by atoms with Gasteiger partial charge in [0.2, 0.25) is 5.91 Å². The van der Waals surface area contributed by atoms with E-state index < -0.39 is 0 Å². The number of nitrogens with one attached hydrogen (secondary N) is 2. The summed E-state index contributed by atoms with van der Waals surface area (Å²) in [7, 11) is 0. The number of hydrogen-bond acceptors (Lipinski definition) is 2. The molecule has 2 rings (SSSR count). The molecular formula is C19H24N2O. The summed E-state index contributed by atoms with van der Waals surface area (Å²) in [6, 6.07) is 11.8. The van der Waals surface area contributed by atoms with Crippen molar-refractivity contribution < 1.29 is 4.79 Å². The van der Waals surface area contributed by atoms with Gasteiger partial charge in [-0.25, -0.2) is 0 Å². The maximum atomic E-state index is 12.4. The number of aryl methyl sites for hydroxylation is 3. The number of benzene rings is 2. The van der Waals surface area contributed by atoms with Crippen LogP contribution in [0.4, 0.5) is 11.4 Å². The first-order valence-electron chi connectivity index (χ1n) is 7.59. The first-order valence-corrected chi connectivity index (χ1v) is 7.59. The summed E-state index contributed by atoms with van der Waals surface area (Å²) in [5.41, 5.74) is 6.51. The second kappa shape index (κ2) is 6.65. The fourth-order valence-electron chi connectivity index (χ4n) is 2.40. The lowest BCUT2D eigenvalue weighted by atomic mass is 10.1. The van der Waals surface area contributed by atoms with Gasteiger partial charge in [0, 0.05) is 11.4 Å². The molecule has 2 aromatic carbocycles. The van der Waals surface area contributed by atoms with Crippen LogP contribution in [0.5, 0.6) is 0 Å². The van der Waals surface area contributed by atoms with Crippen LogP contribution in [0, 0.1) is 27.7 Å². The van der Waals surface area contributed by atoms with Gasteiger partial charge < -0.3 is 10.6 Å². The minimum Gasteiger partial charge on any atom is -0.374 e. The summed E-state index contributed by atoms with van der Waals surface area (Å²) in [6.45, 7) is 10.0. The zero-order valence-electron chi connectivity index (χ0n) is 13.9. The van der Waals surface area contributed by atoms with Crippen LogP contribution in [-0.2, 0) is 4.79 Å². The second-order valence-corrected chi connectivity index (χ2v) is 5.92. The molecule has 0 saturated carbocycles. The van der Waals surface area contributed by atoms with Crippen molar-refractivity contribution in [1.29, 1.82) is 0 Å². The Morgan fingerprint density at radius 3 is 2.36 bits per heavy atom. The smallest absolute Gasteiger partial charge is 0.246 e. The molecule has 1 amide bonds. The van der Waals surface area contributed by atoms with E-state index in [2.05, 4.69) is 23.6 Å². The fourth-order valence-corrected chi connectivity index (χ4v) is 2.40. The Balaban J connectivity index is 2.07. The van der Waals surface area contributed by atoms with Gasteiger partial charge in [-0.15, -0.1) is 0 Å². The fraction of sp³-hybridized carbons (Fsp3) is 0.316. The van der Waals surface area contributed by atoms with Gasteiger partial charge in [-0.05, 0) is 63.4 Å². The van der Waals surface area contributed by atoms with Crippen molar-refractivity contribution in [2.45, 2.75) is 40.7 Å². The minimum absolute atomic E-state index is 0.0336. The van der Waals surface area contributed by atoms with Crippen molar-refractivity contribution in [2.75, 3.05) is 10.6 Å². The number of carbonyl (C=O) groups is 1. The Morgan fingerprint density at radius 1 is 0.955 bits per heavy atom. The van der Waals surface area contributed by atoms with Crippen molar-refractivity contribution in [3.05, 3.63) is 58.7 Å². The highest BCUT2D eigenvalue weighted by Crippen LogP contribution is 2.20. The minimum atomic E-state index is -0.304. The third kappa shape index (κ3) is 3.67. The predicted molar refractivity (Wildman–Crippen MR) is 93.5 cm³/mol.